The molecule has 2 aromatic rings. The van der Waals surface area contributed by atoms with E-state index in [0.717, 1.165) is 44.5 Å². The van der Waals surface area contributed by atoms with Gasteiger partial charge in [-0.3, -0.25) is 4.79 Å². The summed E-state index contributed by atoms with van der Waals surface area (Å²) in [6.07, 6.45) is 4.22. The maximum atomic E-state index is 10.8. The van der Waals surface area contributed by atoms with Gasteiger partial charge in [0.05, 0.1) is 5.60 Å². The number of aliphatic hydroxyl groups is 1. The van der Waals surface area contributed by atoms with E-state index >= 15 is 0 Å². The Kier molecular flexibility index (Phi) is 10.8. The van der Waals surface area contributed by atoms with Crippen LogP contribution in [0.4, 0.5) is 0 Å². The molecule has 4 nitrogen and oxygen atoms in total. The smallest absolute Gasteiger partial charge is 0.303 e. The van der Waals surface area contributed by atoms with Gasteiger partial charge in [0.1, 0.15) is 0 Å². The van der Waals surface area contributed by atoms with Crippen molar-refractivity contribution in [1.82, 2.24) is 4.90 Å². The van der Waals surface area contributed by atoms with Gasteiger partial charge in [0.2, 0.25) is 0 Å². The normalized spacial score (nSPS) is 15.6. The van der Waals surface area contributed by atoms with Crippen molar-refractivity contribution in [3.63, 3.8) is 0 Å². The van der Waals surface area contributed by atoms with Crippen LogP contribution >= 0.6 is 12.4 Å². The van der Waals surface area contributed by atoms with Crippen molar-refractivity contribution in [1.29, 1.82) is 0 Å². The van der Waals surface area contributed by atoms with Gasteiger partial charge in [-0.1, -0.05) is 67.6 Å². The molecule has 0 aliphatic carbocycles. The van der Waals surface area contributed by atoms with E-state index in [0.29, 0.717) is 0 Å². The van der Waals surface area contributed by atoms with Crippen LogP contribution in [0.5, 0.6) is 0 Å². The molecule has 3 rings (SSSR count). The summed E-state index contributed by atoms with van der Waals surface area (Å²) in [6.45, 7) is 4.70. The lowest BCUT2D eigenvalue weighted by molar-refractivity contribution is -0.136. The molecule has 0 aromatic heterocycles. The third-order valence-corrected chi connectivity index (χ3v) is 5.08. The van der Waals surface area contributed by atoms with E-state index in [2.05, 4.69) is 35.2 Å². The van der Waals surface area contributed by atoms with E-state index in [1.807, 2.05) is 30.3 Å². The topological polar surface area (TPSA) is 60.8 Å². The number of nitrogens with zero attached hydrogens (tertiary/aromatic N) is 1. The van der Waals surface area contributed by atoms with E-state index in [-0.39, 0.29) is 18.8 Å². The minimum absolute atomic E-state index is 0. The maximum absolute atomic E-state index is 10.8. The number of benzene rings is 2. The van der Waals surface area contributed by atoms with Crippen LogP contribution in [-0.4, -0.2) is 40.7 Å². The van der Waals surface area contributed by atoms with Crippen LogP contribution in [0.25, 0.3) is 0 Å². The van der Waals surface area contributed by atoms with Crippen molar-refractivity contribution in [2.45, 2.75) is 44.6 Å². The Morgan fingerprint density at radius 3 is 2.00 bits per heavy atom. The van der Waals surface area contributed by atoms with E-state index in [1.165, 1.54) is 12.0 Å². The Balaban J connectivity index is 0.000000584. The number of carboxylic acid groups (broad SMARTS) is 1. The van der Waals surface area contributed by atoms with Gasteiger partial charge in [-0.25, -0.2) is 0 Å². The minimum atomic E-state index is -0.745. The Labute approximate surface area is 174 Å². The predicted octanol–water partition coefficient (Wildman–Crippen LogP) is 4.51. The van der Waals surface area contributed by atoms with Gasteiger partial charge in [-0.15, -0.1) is 12.4 Å². The van der Waals surface area contributed by atoms with Crippen LogP contribution in [-0.2, 0) is 16.8 Å². The van der Waals surface area contributed by atoms with Crippen molar-refractivity contribution in [2.24, 2.45) is 0 Å². The standard InChI is InChI=1S/C20H25NO.C3H6O2.ClH/c22-20(19-11-5-2-6-12-19)13-16-21(17-14-20)15-7-10-18-8-3-1-4-9-18;1-2-3(4)5;/h1-6,8-9,11-12,22H,7,10,13-17H2;2H2,1H3,(H,4,5);1H. The average molecular weight is 406 g/mol. The fraction of sp³-hybridized carbons (Fsp3) is 0.435. The summed E-state index contributed by atoms with van der Waals surface area (Å²) < 4.78 is 0. The Hall–Kier alpha value is -1.88. The highest BCUT2D eigenvalue weighted by Gasteiger charge is 2.33. The van der Waals surface area contributed by atoms with Crippen LogP contribution < -0.4 is 0 Å². The zero-order valence-electron chi connectivity index (χ0n) is 16.6. The fourth-order valence-electron chi connectivity index (χ4n) is 3.34. The molecule has 0 spiro atoms. The van der Waals surface area contributed by atoms with Gasteiger partial charge in [0, 0.05) is 19.5 Å². The van der Waals surface area contributed by atoms with Gasteiger partial charge >= 0.3 is 5.97 Å². The van der Waals surface area contributed by atoms with E-state index < -0.39 is 11.6 Å². The Bertz CT molecular complexity index is 671. The van der Waals surface area contributed by atoms with E-state index in [1.54, 1.807) is 6.92 Å². The zero-order valence-corrected chi connectivity index (χ0v) is 17.4. The monoisotopic (exact) mass is 405 g/mol. The van der Waals surface area contributed by atoms with Gasteiger partial charge in [-0.05, 0) is 43.4 Å². The van der Waals surface area contributed by atoms with Crippen molar-refractivity contribution in [2.75, 3.05) is 19.6 Å². The quantitative estimate of drug-likeness (QED) is 0.742. The highest BCUT2D eigenvalue weighted by atomic mass is 35.5. The molecule has 2 N–H and O–H groups in total. The van der Waals surface area contributed by atoms with Crippen molar-refractivity contribution < 1.29 is 15.0 Å². The van der Waals surface area contributed by atoms with Crippen LogP contribution in [0.3, 0.4) is 0 Å². The molecule has 0 saturated carbocycles. The maximum Gasteiger partial charge on any atom is 0.303 e. The van der Waals surface area contributed by atoms with Crippen LogP contribution in [0.2, 0.25) is 0 Å². The fourth-order valence-corrected chi connectivity index (χ4v) is 3.34. The van der Waals surface area contributed by atoms with Crippen molar-refractivity contribution in [3.05, 3.63) is 71.8 Å². The van der Waals surface area contributed by atoms with Crippen LogP contribution in [0, 0.1) is 0 Å². The van der Waals surface area contributed by atoms with Crippen LogP contribution in [0.1, 0.15) is 43.7 Å². The van der Waals surface area contributed by atoms with E-state index in [4.69, 9.17) is 5.11 Å². The Morgan fingerprint density at radius 2 is 1.50 bits per heavy atom. The number of hydrogen-bond acceptors (Lipinski definition) is 3. The van der Waals surface area contributed by atoms with Gasteiger partial charge < -0.3 is 15.1 Å². The summed E-state index contributed by atoms with van der Waals surface area (Å²) in [5, 5.41) is 18.6. The number of carbonyl (C=O) groups is 1. The number of aryl methyl sites for hydroxylation is 1. The number of hydrogen-bond donors (Lipinski definition) is 2. The zero-order chi connectivity index (χ0) is 19.5. The number of halogens is 1. The third kappa shape index (κ3) is 8.01. The number of piperidine rings is 1. The lowest BCUT2D eigenvalue weighted by atomic mass is 9.84. The largest absolute Gasteiger partial charge is 0.481 e. The first-order valence-corrected chi connectivity index (χ1v) is 9.79. The number of likely N-dealkylation sites (tertiary alicyclic amines) is 1. The highest BCUT2D eigenvalue weighted by molar-refractivity contribution is 5.85. The molecule has 28 heavy (non-hydrogen) atoms. The van der Waals surface area contributed by atoms with E-state index in [9.17, 15) is 9.90 Å². The van der Waals surface area contributed by atoms with Gasteiger partial charge in [0.25, 0.3) is 0 Å². The molecule has 0 bridgehead atoms. The number of rotatable bonds is 6. The SMILES string of the molecule is CCC(=O)O.Cl.OC1(c2ccccc2)CCN(CCCc2ccccc2)CC1. The predicted molar refractivity (Wildman–Crippen MR) is 116 cm³/mol. The second kappa shape index (κ2) is 12.6. The molecule has 0 amide bonds. The average Bonchev–Trinajstić information content (AvgIpc) is 2.71. The Morgan fingerprint density at radius 1 is 1.00 bits per heavy atom. The molecule has 0 radical (unpaired) electrons. The molecule has 0 unspecified atom stereocenters. The summed E-state index contributed by atoms with van der Waals surface area (Å²) in [4.78, 5) is 11.9. The van der Waals surface area contributed by atoms with Crippen molar-refractivity contribution in [3.8, 4) is 0 Å². The summed E-state index contributed by atoms with van der Waals surface area (Å²) in [5.74, 6) is -0.745. The minimum Gasteiger partial charge on any atom is -0.481 e. The molecule has 1 heterocycles. The molecule has 1 saturated heterocycles. The van der Waals surface area contributed by atoms with Gasteiger partial charge in [0.15, 0.2) is 0 Å². The summed E-state index contributed by atoms with van der Waals surface area (Å²) in [5.41, 5.74) is 1.86. The number of carboxylic acids is 1. The van der Waals surface area contributed by atoms with Gasteiger partial charge in [-0.2, -0.15) is 0 Å². The summed E-state index contributed by atoms with van der Waals surface area (Å²) in [7, 11) is 0. The molecule has 0 atom stereocenters. The second-order valence-corrected chi connectivity index (χ2v) is 7.08. The molecule has 1 aliphatic rings. The second-order valence-electron chi connectivity index (χ2n) is 7.08. The highest BCUT2D eigenvalue weighted by Crippen LogP contribution is 2.32. The molecule has 5 heteroatoms. The van der Waals surface area contributed by atoms with Crippen LogP contribution in [0.15, 0.2) is 60.7 Å². The lowest BCUT2D eigenvalue weighted by Crippen LogP contribution is -2.42. The molecule has 2 aromatic carbocycles. The first-order chi connectivity index (χ1) is 13.0. The summed E-state index contributed by atoms with van der Waals surface area (Å²) >= 11 is 0. The third-order valence-electron chi connectivity index (χ3n) is 5.08. The summed E-state index contributed by atoms with van der Waals surface area (Å²) in [6, 6.07) is 20.8. The number of aliphatic carboxylic acids is 1. The first kappa shape index (κ1) is 24.2. The molecule has 1 fully saturated rings. The molecule has 154 valence electrons. The molecule has 1 aliphatic heterocycles. The molecular weight excluding hydrogens is 374 g/mol. The molecular formula is C23H32ClNO3. The van der Waals surface area contributed by atoms with Crippen molar-refractivity contribution >= 4 is 18.4 Å². The first-order valence-electron chi connectivity index (χ1n) is 9.79. The lowest BCUT2D eigenvalue weighted by Gasteiger charge is -2.38.